The number of carboxylic acid groups (broad SMARTS) is 1. The number of carbonyl (C=O) groups excluding carboxylic acids is 1. The molecular weight excluding hydrogens is 830 g/mol. The fraction of sp³-hybridized carbons (Fsp3) is 0.375. The quantitative estimate of drug-likeness (QED) is 0.107. The molecule has 0 radical (unpaired) electrons. The van der Waals surface area contributed by atoms with E-state index < -0.39 is 23.9 Å². The second kappa shape index (κ2) is 20.4. The fourth-order valence-corrected chi connectivity index (χ4v) is 8.50. The summed E-state index contributed by atoms with van der Waals surface area (Å²) in [7, 11) is 0. The molecule has 1 amide bonds. The van der Waals surface area contributed by atoms with Gasteiger partial charge in [-0.15, -0.1) is 0 Å². The fourth-order valence-electron chi connectivity index (χ4n) is 8.50. The molecule has 13 nitrogen and oxygen atoms in total. The number of halogens is 3. The maximum absolute atomic E-state index is 14.9. The summed E-state index contributed by atoms with van der Waals surface area (Å²) in [6.07, 6.45) is 3.84. The number of rotatable bonds is 13. The van der Waals surface area contributed by atoms with Gasteiger partial charge in [-0.05, 0) is 136 Å². The van der Waals surface area contributed by atoms with Crippen LogP contribution in [0.15, 0.2) is 97.1 Å². The largest absolute Gasteiger partial charge is 0.490 e. The number of pyridine rings is 2. The number of nitrogens with one attached hydrogen (secondary N) is 1. The third kappa shape index (κ3) is 11.2. The van der Waals surface area contributed by atoms with Crippen LogP contribution >= 0.6 is 0 Å². The number of fused-ring (bicyclic) bond motifs is 1. The number of aliphatic hydroxyl groups is 1. The van der Waals surface area contributed by atoms with Crippen molar-refractivity contribution in [3.8, 4) is 29.0 Å². The molecule has 9 rings (SSSR count). The second-order valence-corrected chi connectivity index (χ2v) is 16.5. The van der Waals surface area contributed by atoms with Crippen LogP contribution in [0.2, 0.25) is 0 Å². The van der Waals surface area contributed by atoms with Gasteiger partial charge in [0, 0.05) is 44.9 Å². The Labute approximate surface area is 369 Å². The van der Waals surface area contributed by atoms with Gasteiger partial charge in [0.15, 0.2) is 11.6 Å². The number of aliphatic carboxylic acids is 1. The maximum atomic E-state index is 14.9. The van der Waals surface area contributed by atoms with Crippen LogP contribution in [0.4, 0.5) is 24.8 Å². The van der Waals surface area contributed by atoms with Crippen LogP contribution in [0.5, 0.6) is 29.0 Å². The molecule has 3 saturated heterocycles. The van der Waals surface area contributed by atoms with Gasteiger partial charge in [0.1, 0.15) is 40.9 Å². The van der Waals surface area contributed by atoms with Crippen LogP contribution in [0.1, 0.15) is 49.3 Å². The number of aliphatic hydroxyl groups excluding tert-OH is 1. The summed E-state index contributed by atoms with van der Waals surface area (Å²) in [6.45, 7) is 5.00. The van der Waals surface area contributed by atoms with Gasteiger partial charge in [0.25, 0.3) is 0 Å². The highest BCUT2D eigenvalue weighted by Crippen LogP contribution is 2.33. The van der Waals surface area contributed by atoms with E-state index in [2.05, 4.69) is 20.2 Å². The highest BCUT2D eigenvalue weighted by Gasteiger charge is 2.34. The summed E-state index contributed by atoms with van der Waals surface area (Å²) in [4.78, 5) is 39.7. The molecule has 3 aromatic carbocycles. The molecule has 2 aromatic heterocycles. The summed E-state index contributed by atoms with van der Waals surface area (Å²) >= 11 is 0. The number of ether oxygens (including phenoxy) is 3. The molecule has 6 heterocycles. The molecule has 16 heteroatoms. The van der Waals surface area contributed by atoms with Gasteiger partial charge in [-0.2, -0.15) is 9.97 Å². The van der Waals surface area contributed by atoms with Crippen molar-refractivity contribution in [2.75, 3.05) is 62.2 Å². The van der Waals surface area contributed by atoms with E-state index in [-0.39, 0.29) is 35.1 Å². The van der Waals surface area contributed by atoms with E-state index >= 15 is 0 Å². The topological polar surface area (TPSA) is 150 Å². The van der Waals surface area contributed by atoms with Gasteiger partial charge < -0.3 is 44.4 Å². The molecule has 0 saturated carbocycles. The van der Waals surface area contributed by atoms with Crippen LogP contribution in [0.25, 0.3) is 0 Å². The van der Waals surface area contributed by atoms with Gasteiger partial charge in [-0.1, -0.05) is 12.1 Å². The lowest BCUT2D eigenvalue weighted by molar-refractivity contribution is -0.141. The minimum Gasteiger partial charge on any atom is -0.490 e. The van der Waals surface area contributed by atoms with E-state index in [0.717, 1.165) is 37.9 Å². The van der Waals surface area contributed by atoms with E-state index in [1.54, 1.807) is 30.3 Å². The van der Waals surface area contributed by atoms with Crippen LogP contribution in [0, 0.1) is 29.3 Å². The monoisotopic (exact) mass is 880 g/mol. The maximum Gasteiger partial charge on any atom is 0.308 e. The number of nitrogens with zero attached hydrogens (tertiary/aromatic N) is 5. The Morgan fingerprint density at radius 3 is 1.88 bits per heavy atom. The number of carbonyl (C=O) groups is 2. The smallest absolute Gasteiger partial charge is 0.308 e. The third-order valence-corrected chi connectivity index (χ3v) is 11.9. The second-order valence-electron chi connectivity index (χ2n) is 16.5. The molecule has 4 atom stereocenters. The van der Waals surface area contributed by atoms with E-state index in [9.17, 15) is 27.9 Å². The summed E-state index contributed by atoms with van der Waals surface area (Å²) in [6, 6.07) is 24.7. The predicted molar refractivity (Wildman–Crippen MR) is 232 cm³/mol. The summed E-state index contributed by atoms with van der Waals surface area (Å²) < 4.78 is 57.9. The first-order valence-corrected chi connectivity index (χ1v) is 21.7. The summed E-state index contributed by atoms with van der Waals surface area (Å²) in [5.74, 6) is 0.669. The van der Waals surface area contributed by atoms with Crippen molar-refractivity contribution in [2.45, 2.75) is 50.7 Å². The Morgan fingerprint density at radius 1 is 0.750 bits per heavy atom. The number of carboxylic acids is 1. The first-order chi connectivity index (χ1) is 31.0. The normalized spacial score (nSPS) is 19.2. The number of amides is 1. The zero-order valence-corrected chi connectivity index (χ0v) is 35.3. The molecule has 4 aliphatic rings. The number of likely N-dealkylation sites (tertiary alicyclic amines) is 1. The van der Waals surface area contributed by atoms with Gasteiger partial charge in [-0.3, -0.25) is 9.59 Å². The molecule has 336 valence electrons. The Balaban J connectivity index is 0.000000214. The number of aromatic nitrogens is 2. The molecule has 0 unspecified atom stereocenters. The minimum absolute atomic E-state index is 0.138. The zero-order chi connectivity index (χ0) is 44.6. The van der Waals surface area contributed by atoms with Crippen molar-refractivity contribution in [3.05, 3.63) is 126 Å². The molecule has 3 N–H and O–H groups in total. The highest BCUT2D eigenvalue weighted by atomic mass is 19.1. The molecule has 4 aliphatic heterocycles. The van der Waals surface area contributed by atoms with Crippen LogP contribution in [-0.4, -0.2) is 95.4 Å². The average Bonchev–Trinajstić information content (AvgIpc) is 4.12. The number of anilines is 2. The van der Waals surface area contributed by atoms with E-state index in [1.165, 1.54) is 42.5 Å². The average molecular weight is 881 g/mol. The number of hydrogen-bond acceptors (Lipinski definition) is 11. The van der Waals surface area contributed by atoms with Gasteiger partial charge >= 0.3 is 5.97 Å². The Morgan fingerprint density at radius 2 is 1.31 bits per heavy atom. The lowest BCUT2D eigenvalue weighted by Crippen LogP contribution is -2.48. The van der Waals surface area contributed by atoms with Crippen molar-refractivity contribution in [3.63, 3.8) is 0 Å². The predicted octanol–water partition coefficient (Wildman–Crippen LogP) is 7.54. The van der Waals surface area contributed by atoms with Gasteiger partial charge in [0.2, 0.25) is 17.7 Å². The number of aryl methyl sites for hydroxylation is 1. The van der Waals surface area contributed by atoms with Crippen molar-refractivity contribution in [1.82, 2.24) is 20.2 Å². The Bertz CT molecular complexity index is 2390. The first kappa shape index (κ1) is 44.2. The highest BCUT2D eigenvalue weighted by molar-refractivity contribution is 5.80. The van der Waals surface area contributed by atoms with Gasteiger partial charge in [0.05, 0.1) is 24.5 Å². The van der Waals surface area contributed by atoms with Crippen molar-refractivity contribution >= 4 is 23.5 Å². The van der Waals surface area contributed by atoms with Crippen LogP contribution in [-0.2, 0) is 16.0 Å². The van der Waals surface area contributed by atoms with E-state index in [4.69, 9.17) is 19.3 Å². The molecule has 0 bridgehead atoms. The molecule has 5 aromatic rings. The zero-order valence-electron chi connectivity index (χ0n) is 35.3. The van der Waals surface area contributed by atoms with E-state index in [1.807, 2.05) is 34.1 Å². The molecule has 64 heavy (non-hydrogen) atoms. The molecule has 0 aliphatic carbocycles. The Kier molecular flexibility index (Phi) is 14.1. The van der Waals surface area contributed by atoms with Crippen LogP contribution in [0.3, 0.4) is 0 Å². The van der Waals surface area contributed by atoms with Crippen molar-refractivity contribution in [1.29, 1.82) is 0 Å². The third-order valence-electron chi connectivity index (χ3n) is 11.9. The summed E-state index contributed by atoms with van der Waals surface area (Å²) in [5.41, 5.74) is 1.21. The number of benzene rings is 3. The van der Waals surface area contributed by atoms with Gasteiger partial charge in [-0.25, -0.2) is 13.2 Å². The summed E-state index contributed by atoms with van der Waals surface area (Å²) in [5, 5.41) is 23.6. The van der Waals surface area contributed by atoms with E-state index in [0.29, 0.717) is 99.1 Å². The first-order valence-electron chi connectivity index (χ1n) is 21.7. The SMILES string of the molecule is O=C(N[C@H](CN1CCCC1)[C@H](O)c1cc(F)c2c(c1)CCCO2)[C@@H]1CCN(c2cccc(Oc3ccc(F)cc3)n2)C1.O=C(O)[C@@H]1CCN(c2cccc(Oc3ccc(F)cc3)n2)C1. The van der Waals surface area contributed by atoms with Crippen molar-refractivity contribution in [2.24, 2.45) is 11.8 Å². The lowest BCUT2D eigenvalue weighted by Gasteiger charge is -2.30. The molecular formula is C48H51F3N6O7. The Hall–Kier alpha value is -6.39. The lowest BCUT2D eigenvalue weighted by atomic mass is 9.95. The van der Waals surface area contributed by atoms with Crippen molar-refractivity contribution < 1.29 is 47.2 Å². The standard InChI is InChI=1S/C32H36F2N4O4.C16H15FN2O3/c33-24-8-10-25(11-9-24)42-29-7-3-6-28(36-29)38-15-12-22(19-38)32(40)35-27(20-37-13-1-2-14-37)30(39)23-17-21-5-4-16-41-31(21)26(34)18-23;17-12-4-6-13(7-5-12)22-15-3-1-2-14(18-15)19-9-8-11(10-19)16(20)21/h3,6-11,17-18,22,27,30,39H,1-2,4-5,12-16,19-20H2,(H,35,40);1-7,11H,8-10H2,(H,20,21)/t22-,27-,30-;11-/m11/s1. The molecule has 0 spiro atoms. The number of hydrogen-bond donors (Lipinski definition) is 3. The minimum atomic E-state index is -1.06. The van der Waals surface area contributed by atoms with Crippen LogP contribution < -0.4 is 29.3 Å². The molecule has 3 fully saturated rings.